The number of aromatic nitrogens is 2. The minimum absolute atomic E-state index is 0.0268. The Morgan fingerprint density at radius 2 is 2.04 bits per heavy atom. The van der Waals surface area contributed by atoms with Crippen molar-refractivity contribution in [3.8, 4) is 11.4 Å². The van der Waals surface area contributed by atoms with E-state index in [-0.39, 0.29) is 25.9 Å². The Morgan fingerprint density at radius 1 is 1.38 bits per heavy atom. The summed E-state index contributed by atoms with van der Waals surface area (Å²) < 4.78 is 28.3. The van der Waals surface area contributed by atoms with Crippen LogP contribution in [-0.2, 0) is 19.4 Å². The lowest BCUT2D eigenvalue weighted by Gasteiger charge is -2.14. The highest BCUT2D eigenvalue weighted by atomic mass is 32.2. The van der Waals surface area contributed by atoms with Crippen molar-refractivity contribution in [1.29, 1.82) is 0 Å². The van der Waals surface area contributed by atoms with E-state index >= 15 is 0 Å². The van der Waals surface area contributed by atoms with Gasteiger partial charge < -0.3 is 15.9 Å². The summed E-state index contributed by atoms with van der Waals surface area (Å²) in [5.74, 6) is -3.20. The van der Waals surface area contributed by atoms with E-state index in [2.05, 4.69) is 9.36 Å². The molecule has 0 radical (unpaired) electrons. The molecule has 2 rings (SSSR count). The molecule has 0 fully saturated rings. The van der Waals surface area contributed by atoms with Crippen LogP contribution in [0.2, 0.25) is 0 Å². The summed E-state index contributed by atoms with van der Waals surface area (Å²) in [5, 5.41) is 15.8. The van der Waals surface area contributed by atoms with E-state index in [1.165, 1.54) is 12.1 Å². The summed E-state index contributed by atoms with van der Waals surface area (Å²) in [5.41, 5.74) is 5.91. The number of carboxylic acids is 2. The van der Waals surface area contributed by atoms with E-state index in [4.69, 9.17) is 28.2 Å². The monoisotopic (exact) mass is 389 g/mol. The second-order valence-corrected chi connectivity index (χ2v) is 8.19. The Kier molecular flexibility index (Phi) is 5.01. The smallest absolute Gasteiger partial charge is 0.322 e. The van der Waals surface area contributed by atoms with Crippen molar-refractivity contribution < 1.29 is 28.2 Å². The van der Waals surface area contributed by atoms with Crippen LogP contribution in [-0.4, -0.2) is 45.2 Å². The maximum atomic E-state index is 12.7. The van der Waals surface area contributed by atoms with E-state index in [0.717, 1.165) is 17.6 Å². The van der Waals surface area contributed by atoms with Crippen molar-refractivity contribution >= 4 is 51.2 Å². The van der Waals surface area contributed by atoms with Crippen LogP contribution in [0.25, 0.3) is 11.4 Å². The van der Waals surface area contributed by atoms with Crippen molar-refractivity contribution in [1.82, 2.24) is 9.36 Å². The first-order chi connectivity index (χ1) is 11.1. The van der Waals surface area contributed by atoms with Gasteiger partial charge in [0.2, 0.25) is 0 Å². The SMILES string of the molecule is Nc1ccc(S(=O)(=O)C(CC(=O)O)C(=O)O)c(-c2nc(=S)s[nH]2)c1. The van der Waals surface area contributed by atoms with Crippen molar-refractivity contribution in [2.75, 3.05) is 5.73 Å². The quantitative estimate of drug-likeness (QED) is 0.419. The molecule has 0 aliphatic heterocycles. The van der Waals surface area contributed by atoms with Gasteiger partial charge in [-0.1, -0.05) is 0 Å². The first-order valence-corrected chi connectivity index (χ1v) is 9.04. The Labute approximate surface area is 144 Å². The topological polar surface area (TPSA) is 163 Å². The summed E-state index contributed by atoms with van der Waals surface area (Å²) in [4.78, 5) is 25.7. The fourth-order valence-corrected chi connectivity index (χ4v) is 4.31. The molecular weight excluding hydrogens is 378 g/mol. The predicted molar refractivity (Wildman–Crippen MR) is 88.0 cm³/mol. The molecule has 1 atom stereocenters. The van der Waals surface area contributed by atoms with E-state index in [9.17, 15) is 18.0 Å². The number of hydrogen-bond donors (Lipinski definition) is 4. The molecule has 1 unspecified atom stereocenters. The molecule has 0 aliphatic carbocycles. The normalized spacial score (nSPS) is 12.7. The number of benzene rings is 1. The number of nitrogen functional groups attached to an aromatic ring is 1. The van der Waals surface area contributed by atoms with Crippen molar-refractivity contribution in [2.24, 2.45) is 0 Å². The molecule has 24 heavy (non-hydrogen) atoms. The van der Waals surface area contributed by atoms with Gasteiger partial charge in [0.05, 0.1) is 11.3 Å². The Hall–Kier alpha value is -2.31. The summed E-state index contributed by atoms with van der Waals surface area (Å²) in [6, 6.07) is 3.69. The van der Waals surface area contributed by atoms with Crippen LogP contribution in [0.3, 0.4) is 0 Å². The van der Waals surface area contributed by atoms with Gasteiger partial charge in [0, 0.05) is 11.3 Å². The minimum atomic E-state index is -4.51. The van der Waals surface area contributed by atoms with Crippen molar-refractivity contribution in [2.45, 2.75) is 16.6 Å². The molecule has 0 bridgehead atoms. The molecule has 1 heterocycles. The van der Waals surface area contributed by atoms with Gasteiger partial charge in [-0.25, -0.2) is 13.4 Å². The van der Waals surface area contributed by atoms with E-state index in [0.29, 0.717) is 0 Å². The summed E-state index contributed by atoms with van der Waals surface area (Å²) in [6.07, 6.45) is -1.07. The lowest BCUT2D eigenvalue weighted by molar-refractivity contribution is -0.143. The number of aliphatic carboxylic acids is 2. The van der Waals surface area contributed by atoms with Crippen LogP contribution in [0, 0.1) is 3.95 Å². The minimum Gasteiger partial charge on any atom is -0.481 e. The van der Waals surface area contributed by atoms with Crippen molar-refractivity contribution in [3.63, 3.8) is 0 Å². The van der Waals surface area contributed by atoms with Gasteiger partial charge in [-0.15, -0.1) is 0 Å². The van der Waals surface area contributed by atoms with Gasteiger partial charge >= 0.3 is 11.9 Å². The largest absolute Gasteiger partial charge is 0.481 e. The Balaban J connectivity index is 2.68. The van der Waals surface area contributed by atoms with Crippen LogP contribution in [0.4, 0.5) is 5.69 Å². The number of rotatable bonds is 6. The molecule has 0 amide bonds. The molecule has 128 valence electrons. The number of nitrogens with two attached hydrogens (primary N) is 1. The molecule has 0 spiro atoms. The zero-order chi connectivity index (χ0) is 18.1. The molecule has 9 nitrogen and oxygen atoms in total. The highest BCUT2D eigenvalue weighted by Crippen LogP contribution is 2.31. The summed E-state index contributed by atoms with van der Waals surface area (Å²) in [7, 11) is -4.51. The molecule has 5 N–H and O–H groups in total. The fraction of sp³-hybridized carbons (Fsp3) is 0.167. The van der Waals surface area contributed by atoms with Gasteiger partial charge in [-0.05, 0) is 41.9 Å². The second-order valence-electron chi connectivity index (χ2n) is 4.66. The third-order valence-corrected chi connectivity index (χ3v) is 6.00. The lowest BCUT2D eigenvalue weighted by Crippen LogP contribution is -2.33. The number of aromatic amines is 1. The molecule has 0 aliphatic rings. The van der Waals surface area contributed by atoms with Crippen LogP contribution in [0.5, 0.6) is 0 Å². The zero-order valence-corrected chi connectivity index (χ0v) is 14.2. The van der Waals surface area contributed by atoms with Crippen molar-refractivity contribution in [3.05, 3.63) is 22.2 Å². The van der Waals surface area contributed by atoms with Gasteiger partial charge in [0.1, 0.15) is 0 Å². The van der Waals surface area contributed by atoms with E-state index < -0.39 is 33.4 Å². The van der Waals surface area contributed by atoms with E-state index in [1.807, 2.05) is 0 Å². The molecule has 12 heteroatoms. The van der Waals surface area contributed by atoms with Gasteiger partial charge in [0.25, 0.3) is 0 Å². The maximum absolute atomic E-state index is 12.7. The number of nitrogens with one attached hydrogen (secondary N) is 1. The number of carboxylic acid groups (broad SMARTS) is 2. The first kappa shape index (κ1) is 18.0. The van der Waals surface area contributed by atoms with E-state index in [1.54, 1.807) is 0 Å². The average Bonchev–Trinajstić information content (AvgIpc) is 2.90. The Bertz CT molecular complexity index is 962. The van der Waals surface area contributed by atoms with Crippen LogP contribution >= 0.6 is 23.8 Å². The van der Waals surface area contributed by atoms with Gasteiger partial charge in [0.15, 0.2) is 24.9 Å². The van der Waals surface area contributed by atoms with Gasteiger partial charge in [-0.3, -0.25) is 14.0 Å². The number of anilines is 1. The first-order valence-electron chi connectivity index (χ1n) is 6.27. The third kappa shape index (κ3) is 3.60. The maximum Gasteiger partial charge on any atom is 0.322 e. The number of H-pyrrole nitrogens is 1. The second kappa shape index (κ2) is 6.67. The molecule has 0 saturated heterocycles. The molecule has 0 saturated carbocycles. The highest BCUT2D eigenvalue weighted by molar-refractivity contribution is 7.93. The van der Waals surface area contributed by atoms with Crippen LogP contribution in [0.15, 0.2) is 23.1 Å². The van der Waals surface area contributed by atoms with Crippen LogP contribution in [0.1, 0.15) is 6.42 Å². The lowest BCUT2D eigenvalue weighted by atomic mass is 10.2. The number of nitrogens with zero attached hydrogens (tertiary/aromatic N) is 1. The molecular formula is C12H11N3O6S3. The predicted octanol–water partition coefficient (Wildman–Crippen LogP) is 1.15. The standard InChI is InChI=1S/C12H11N3O6S3/c13-5-1-2-7(6(3-5)10-14-12(22)23-15-10)24(20,21)8(11(18)19)4-9(16)17/h1-3,8H,4,13H2,(H,16,17)(H,18,19)(H,14,15,22). The fourth-order valence-electron chi connectivity index (χ4n) is 1.97. The summed E-state index contributed by atoms with van der Waals surface area (Å²) >= 11 is 5.86. The average molecular weight is 389 g/mol. The number of hydrogen-bond acceptors (Lipinski definition) is 8. The zero-order valence-electron chi connectivity index (χ0n) is 11.8. The van der Waals surface area contributed by atoms with Crippen LogP contribution < -0.4 is 5.73 Å². The van der Waals surface area contributed by atoms with Gasteiger partial charge in [-0.2, -0.15) is 0 Å². The summed E-state index contributed by atoms with van der Waals surface area (Å²) in [6.45, 7) is 0. The number of carbonyl (C=O) groups is 2. The highest BCUT2D eigenvalue weighted by Gasteiger charge is 2.37. The number of sulfone groups is 1. The molecule has 2 aromatic rings. The third-order valence-electron chi connectivity index (χ3n) is 3.01. The molecule has 1 aromatic carbocycles. The molecule has 1 aromatic heterocycles. The Morgan fingerprint density at radius 3 is 2.54 bits per heavy atom.